The number of ether oxygens (including phenoxy) is 1. The summed E-state index contributed by atoms with van der Waals surface area (Å²) in [6.07, 6.45) is 1.05. The van der Waals surface area contributed by atoms with Gasteiger partial charge in [-0.1, -0.05) is 0 Å². The predicted molar refractivity (Wildman–Crippen MR) is 151 cm³/mol. The number of nitrogens with zero attached hydrogens (tertiary/aromatic N) is 5. The number of hydrogen-bond acceptors (Lipinski definition) is 9. The number of H-pyrrole nitrogens is 1. The topological polar surface area (TPSA) is 140 Å². The van der Waals surface area contributed by atoms with E-state index in [0.29, 0.717) is 23.9 Å². The minimum atomic E-state index is -2.78. The molecule has 6 rings (SSSR count). The van der Waals surface area contributed by atoms with E-state index in [4.69, 9.17) is 9.15 Å². The van der Waals surface area contributed by atoms with Gasteiger partial charge >= 0.3 is 5.76 Å². The van der Waals surface area contributed by atoms with Crippen LogP contribution >= 0.6 is 0 Å². The fourth-order valence-corrected chi connectivity index (χ4v) is 5.68. The lowest BCUT2D eigenvalue weighted by Crippen LogP contribution is -2.56. The lowest BCUT2D eigenvalue weighted by atomic mass is 9.89. The lowest BCUT2D eigenvalue weighted by Gasteiger charge is -2.46. The van der Waals surface area contributed by atoms with Crippen molar-refractivity contribution in [3.05, 3.63) is 58.5 Å². The molecule has 2 aliphatic rings. The number of aromatic nitrogens is 3. The van der Waals surface area contributed by atoms with Gasteiger partial charge in [0.15, 0.2) is 17.2 Å². The largest absolute Gasteiger partial charge is 0.492 e. The Morgan fingerprint density at radius 2 is 2.00 bits per heavy atom. The smallest absolute Gasteiger partial charge is 0.417 e. The van der Waals surface area contributed by atoms with Crippen LogP contribution in [-0.4, -0.2) is 45.5 Å². The Hall–Kier alpha value is -5.06. The van der Waals surface area contributed by atoms with Gasteiger partial charge in [0.1, 0.15) is 29.1 Å². The van der Waals surface area contributed by atoms with Crippen molar-refractivity contribution >= 4 is 45.8 Å². The molecule has 1 aliphatic heterocycles. The van der Waals surface area contributed by atoms with Crippen LogP contribution in [0.5, 0.6) is 5.75 Å². The summed E-state index contributed by atoms with van der Waals surface area (Å²) in [6, 6.07) is 8.21. The molecule has 0 bridgehead atoms. The van der Waals surface area contributed by atoms with Crippen LogP contribution in [0, 0.1) is 17.1 Å². The Balaban J connectivity index is 1.44. The normalized spacial score (nSPS) is 18.4. The van der Waals surface area contributed by atoms with Crippen molar-refractivity contribution in [2.24, 2.45) is 0 Å². The van der Waals surface area contributed by atoms with Crippen LogP contribution in [0.3, 0.4) is 0 Å². The third-order valence-electron chi connectivity index (χ3n) is 7.69. The average molecular weight is 594 g/mol. The number of fused-ring (bicyclic) bond motifs is 2. The van der Waals surface area contributed by atoms with Crippen molar-refractivity contribution in [2.45, 2.75) is 57.5 Å². The van der Waals surface area contributed by atoms with Crippen LogP contribution in [-0.2, 0) is 4.79 Å². The van der Waals surface area contributed by atoms with Crippen molar-refractivity contribution in [1.29, 1.82) is 5.26 Å². The highest BCUT2D eigenvalue weighted by atomic mass is 19.3. The molecule has 2 aromatic heterocycles. The number of alkyl halides is 2. The highest BCUT2D eigenvalue weighted by molar-refractivity contribution is 6.10. The van der Waals surface area contributed by atoms with Gasteiger partial charge in [-0.15, -0.1) is 0 Å². The summed E-state index contributed by atoms with van der Waals surface area (Å²) < 4.78 is 53.3. The monoisotopic (exact) mass is 593 g/mol. The molecular formula is C29H26F3N7O4. The van der Waals surface area contributed by atoms with E-state index < -0.39 is 29.6 Å². The summed E-state index contributed by atoms with van der Waals surface area (Å²) in [4.78, 5) is 39.9. The van der Waals surface area contributed by atoms with Gasteiger partial charge in [0.2, 0.25) is 11.9 Å². The summed E-state index contributed by atoms with van der Waals surface area (Å²) in [7, 11) is 0. The zero-order valence-electron chi connectivity index (χ0n) is 23.2. The van der Waals surface area contributed by atoms with E-state index in [1.807, 2.05) is 0 Å². The molecule has 1 aliphatic carbocycles. The number of benzene rings is 2. The quantitative estimate of drug-likeness (QED) is 0.296. The summed E-state index contributed by atoms with van der Waals surface area (Å²) in [6.45, 7) is 3.82. The van der Waals surface area contributed by atoms with E-state index in [2.05, 4.69) is 26.3 Å². The van der Waals surface area contributed by atoms with E-state index in [1.54, 1.807) is 30.9 Å². The molecule has 14 heteroatoms. The van der Waals surface area contributed by atoms with E-state index in [1.165, 1.54) is 23.2 Å². The first kappa shape index (κ1) is 28.1. The van der Waals surface area contributed by atoms with Gasteiger partial charge in [0.05, 0.1) is 24.1 Å². The van der Waals surface area contributed by atoms with Gasteiger partial charge in [-0.2, -0.15) is 10.2 Å². The standard InChI is InChI=1S/C29H26F3N7O4/c1-3-42-22-5-4-19(10-16(22)13-33)39-21-14-34-27(35-17-11-20(30)24-23(12-17)43-28(41)36-24)37-25(21)38(15(2)26(39)40)18-6-8-29(31,32)9-7-18/h4-5,10-12,14-15,18H,3,6-9H2,1-2H3,(H,36,41)(H,34,35,37)/t15-/m1/s1. The van der Waals surface area contributed by atoms with Crippen LogP contribution in [0.2, 0.25) is 0 Å². The molecule has 1 saturated carbocycles. The third-order valence-corrected chi connectivity index (χ3v) is 7.69. The highest BCUT2D eigenvalue weighted by Crippen LogP contribution is 2.45. The van der Waals surface area contributed by atoms with Gasteiger partial charge in [-0.3, -0.25) is 14.7 Å². The summed E-state index contributed by atoms with van der Waals surface area (Å²) in [5.74, 6) is -3.96. The second-order valence-corrected chi connectivity index (χ2v) is 10.4. The number of anilines is 5. The minimum absolute atomic E-state index is 0.00980. The number of carbonyl (C=O) groups is 1. The van der Waals surface area contributed by atoms with Crippen molar-refractivity contribution in [3.63, 3.8) is 0 Å². The Morgan fingerprint density at radius 3 is 2.72 bits per heavy atom. The number of carbonyl (C=O) groups excluding carboxylic acids is 1. The molecule has 1 atom stereocenters. The number of halogens is 3. The van der Waals surface area contributed by atoms with E-state index in [9.17, 15) is 28.0 Å². The molecule has 43 heavy (non-hydrogen) atoms. The highest BCUT2D eigenvalue weighted by Gasteiger charge is 2.45. The Morgan fingerprint density at radius 1 is 1.23 bits per heavy atom. The first-order chi connectivity index (χ1) is 20.6. The molecule has 222 valence electrons. The fraction of sp³-hybridized carbons (Fsp3) is 0.345. The SMILES string of the molecule is CCOc1ccc(N2C(=O)[C@@H](C)N(C3CCC(F)(F)CC3)c3nc(Nc4cc(F)c5[nH]c(=O)oc5c4)ncc32)cc1C#N. The second-order valence-electron chi connectivity index (χ2n) is 10.4. The maximum Gasteiger partial charge on any atom is 0.417 e. The van der Waals surface area contributed by atoms with Crippen LogP contribution in [0.4, 0.5) is 42.0 Å². The number of rotatable bonds is 6. The van der Waals surface area contributed by atoms with Gasteiger partial charge in [0, 0.05) is 30.6 Å². The zero-order valence-corrected chi connectivity index (χ0v) is 23.2. The number of oxazole rings is 1. The maximum atomic E-state index is 14.6. The van der Waals surface area contributed by atoms with Gasteiger partial charge in [-0.05, 0) is 51.0 Å². The van der Waals surface area contributed by atoms with Crippen molar-refractivity contribution in [2.75, 3.05) is 21.7 Å². The number of aromatic amines is 1. The van der Waals surface area contributed by atoms with Crippen LogP contribution < -0.4 is 25.6 Å². The molecule has 0 radical (unpaired) electrons. The Labute approximate surface area is 242 Å². The number of amides is 1. The zero-order chi connectivity index (χ0) is 30.5. The van der Waals surface area contributed by atoms with Gasteiger partial charge < -0.3 is 19.4 Å². The first-order valence-corrected chi connectivity index (χ1v) is 13.7. The van der Waals surface area contributed by atoms with Crippen molar-refractivity contribution < 1.29 is 27.1 Å². The molecule has 3 heterocycles. The summed E-state index contributed by atoms with van der Waals surface area (Å²) in [5.41, 5.74) is 0.996. The van der Waals surface area contributed by atoms with E-state index >= 15 is 0 Å². The number of nitrogens with one attached hydrogen (secondary N) is 2. The molecule has 4 aromatic rings. The Bertz CT molecular complexity index is 1820. The first-order valence-electron chi connectivity index (χ1n) is 13.7. The third kappa shape index (κ3) is 5.11. The molecular weight excluding hydrogens is 567 g/mol. The summed E-state index contributed by atoms with van der Waals surface area (Å²) in [5, 5.41) is 12.6. The van der Waals surface area contributed by atoms with Crippen LogP contribution in [0.1, 0.15) is 45.1 Å². The molecule has 2 N–H and O–H groups in total. The molecule has 0 spiro atoms. The fourth-order valence-electron chi connectivity index (χ4n) is 5.68. The molecule has 0 unspecified atom stereocenters. The van der Waals surface area contributed by atoms with E-state index in [0.717, 1.165) is 6.07 Å². The molecule has 2 aromatic carbocycles. The van der Waals surface area contributed by atoms with Crippen LogP contribution in [0.25, 0.3) is 11.1 Å². The van der Waals surface area contributed by atoms with Gasteiger partial charge in [0.25, 0.3) is 5.91 Å². The summed E-state index contributed by atoms with van der Waals surface area (Å²) >= 11 is 0. The lowest BCUT2D eigenvalue weighted by molar-refractivity contribution is -0.119. The molecule has 0 saturated heterocycles. The van der Waals surface area contributed by atoms with Gasteiger partial charge in [-0.25, -0.2) is 22.9 Å². The Kier molecular flexibility index (Phi) is 6.95. The molecule has 11 nitrogen and oxygen atoms in total. The average Bonchev–Trinajstić information content (AvgIpc) is 3.36. The molecule has 1 amide bonds. The second kappa shape index (κ2) is 10.6. The van der Waals surface area contributed by atoms with Crippen LogP contribution in [0.15, 0.2) is 45.7 Å². The van der Waals surface area contributed by atoms with Crippen molar-refractivity contribution in [1.82, 2.24) is 15.0 Å². The predicted octanol–water partition coefficient (Wildman–Crippen LogP) is 5.52. The maximum absolute atomic E-state index is 14.6. The number of hydrogen-bond donors (Lipinski definition) is 2. The number of nitriles is 1. The van der Waals surface area contributed by atoms with Crippen molar-refractivity contribution in [3.8, 4) is 11.8 Å². The molecule has 1 fully saturated rings. The van der Waals surface area contributed by atoms with E-state index in [-0.39, 0.29) is 65.6 Å². The minimum Gasteiger partial charge on any atom is -0.492 e.